The number of para-hydroxylation sites is 2. The predicted molar refractivity (Wildman–Crippen MR) is 97.5 cm³/mol. The molecule has 4 aromatic carbocycles. The van der Waals surface area contributed by atoms with Crippen LogP contribution in [0, 0.1) is 6.07 Å². The molecule has 0 aliphatic carbocycles. The highest BCUT2D eigenvalue weighted by Gasteiger charge is 2.14. The van der Waals surface area contributed by atoms with Crippen molar-refractivity contribution in [3.05, 3.63) is 103 Å². The Morgan fingerprint density at radius 3 is 1.78 bits per heavy atom. The molecule has 0 saturated heterocycles. The SMILES string of the molecule is [c]1cc(N(c2ccccc2)c2ccccc2)c2ccccc2c1. The summed E-state index contributed by atoms with van der Waals surface area (Å²) in [7, 11) is 0. The van der Waals surface area contributed by atoms with Gasteiger partial charge in [-0.2, -0.15) is 0 Å². The number of anilines is 3. The molecule has 23 heavy (non-hydrogen) atoms. The summed E-state index contributed by atoms with van der Waals surface area (Å²) in [5.74, 6) is 0. The molecule has 0 aromatic heterocycles. The van der Waals surface area contributed by atoms with Crippen molar-refractivity contribution in [2.75, 3.05) is 4.90 Å². The Labute approximate surface area is 136 Å². The van der Waals surface area contributed by atoms with E-state index in [9.17, 15) is 0 Å². The predicted octanol–water partition coefficient (Wildman–Crippen LogP) is 6.11. The quantitative estimate of drug-likeness (QED) is 0.440. The second-order valence-corrected chi connectivity index (χ2v) is 5.43. The molecule has 1 radical (unpaired) electrons. The lowest BCUT2D eigenvalue weighted by Crippen LogP contribution is -2.10. The summed E-state index contributed by atoms with van der Waals surface area (Å²) in [5.41, 5.74) is 3.42. The van der Waals surface area contributed by atoms with Crippen LogP contribution in [0.15, 0.2) is 97.1 Å². The molecule has 0 unspecified atom stereocenters. The third-order valence-electron chi connectivity index (χ3n) is 3.97. The minimum absolute atomic E-state index is 1.14. The number of fused-ring (bicyclic) bond motifs is 1. The first-order valence-corrected chi connectivity index (χ1v) is 7.72. The average molecular weight is 294 g/mol. The molecule has 0 atom stereocenters. The minimum Gasteiger partial charge on any atom is -0.310 e. The van der Waals surface area contributed by atoms with Crippen molar-refractivity contribution in [1.82, 2.24) is 0 Å². The Morgan fingerprint density at radius 2 is 1.13 bits per heavy atom. The fourth-order valence-electron chi connectivity index (χ4n) is 2.91. The third-order valence-corrected chi connectivity index (χ3v) is 3.97. The lowest BCUT2D eigenvalue weighted by molar-refractivity contribution is 1.30. The molecule has 0 aliphatic heterocycles. The highest BCUT2D eigenvalue weighted by molar-refractivity contribution is 5.98. The van der Waals surface area contributed by atoms with E-state index in [1.54, 1.807) is 0 Å². The van der Waals surface area contributed by atoms with E-state index in [1.807, 2.05) is 18.2 Å². The molecule has 0 saturated carbocycles. The summed E-state index contributed by atoms with van der Waals surface area (Å²) in [5, 5.41) is 2.42. The van der Waals surface area contributed by atoms with Gasteiger partial charge in [0, 0.05) is 16.8 Å². The molecular formula is C22H16N. The maximum absolute atomic E-state index is 3.28. The van der Waals surface area contributed by atoms with Gasteiger partial charge < -0.3 is 4.90 Å². The smallest absolute Gasteiger partial charge is 0.0546 e. The maximum Gasteiger partial charge on any atom is 0.0546 e. The van der Waals surface area contributed by atoms with Crippen LogP contribution in [0.1, 0.15) is 0 Å². The number of hydrogen-bond acceptors (Lipinski definition) is 1. The van der Waals surface area contributed by atoms with Crippen LogP contribution in [0.25, 0.3) is 10.8 Å². The van der Waals surface area contributed by atoms with Gasteiger partial charge in [-0.05, 0) is 47.9 Å². The second kappa shape index (κ2) is 5.98. The molecule has 4 aromatic rings. The van der Waals surface area contributed by atoms with Crippen LogP contribution in [0.2, 0.25) is 0 Å². The van der Waals surface area contributed by atoms with E-state index in [-0.39, 0.29) is 0 Å². The van der Waals surface area contributed by atoms with E-state index >= 15 is 0 Å². The highest BCUT2D eigenvalue weighted by Crippen LogP contribution is 2.38. The van der Waals surface area contributed by atoms with E-state index < -0.39 is 0 Å². The minimum atomic E-state index is 1.14. The first-order chi connectivity index (χ1) is 11.4. The van der Waals surface area contributed by atoms with Gasteiger partial charge in [0.25, 0.3) is 0 Å². The zero-order valence-corrected chi connectivity index (χ0v) is 12.7. The fraction of sp³-hybridized carbons (Fsp3) is 0. The summed E-state index contributed by atoms with van der Waals surface area (Å²) in [4.78, 5) is 2.28. The van der Waals surface area contributed by atoms with Gasteiger partial charge in [0.2, 0.25) is 0 Å². The van der Waals surface area contributed by atoms with Crippen LogP contribution < -0.4 is 4.90 Å². The molecular weight excluding hydrogens is 278 g/mol. The van der Waals surface area contributed by atoms with Crippen molar-refractivity contribution < 1.29 is 0 Å². The van der Waals surface area contributed by atoms with E-state index in [4.69, 9.17) is 0 Å². The molecule has 0 amide bonds. The zero-order chi connectivity index (χ0) is 15.5. The molecule has 0 aliphatic rings. The summed E-state index contributed by atoms with van der Waals surface area (Å²) < 4.78 is 0. The zero-order valence-electron chi connectivity index (χ0n) is 12.7. The lowest BCUT2D eigenvalue weighted by Gasteiger charge is -2.26. The molecule has 109 valence electrons. The van der Waals surface area contributed by atoms with Crippen LogP contribution >= 0.6 is 0 Å². The standard InChI is InChI=1S/C22H16N/c1-3-12-19(13-4-1)23(20-14-5-2-6-15-20)22-17-9-11-18-10-7-8-16-21(18)22/h1-8,10-17H. The first kappa shape index (κ1) is 13.6. The average Bonchev–Trinajstić information content (AvgIpc) is 2.64. The Bertz CT molecular complexity index is 869. The lowest BCUT2D eigenvalue weighted by atomic mass is 10.1. The van der Waals surface area contributed by atoms with Gasteiger partial charge in [0.15, 0.2) is 0 Å². The third kappa shape index (κ3) is 2.58. The van der Waals surface area contributed by atoms with Crippen LogP contribution in [0.3, 0.4) is 0 Å². The van der Waals surface area contributed by atoms with Crippen LogP contribution in [-0.2, 0) is 0 Å². The summed E-state index contributed by atoms with van der Waals surface area (Å²) >= 11 is 0. The number of rotatable bonds is 3. The van der Waals surface area contributed by atoms with Crippen LogP contribution in [-0.4, -0.2) is 0 Å². The Kier molecular flexibility index (Phi) is 3.53. The van der Waals surface area contributed by atoms with Gasteiger partial charge in [-0.1, -0.05) is 60.7 Å². The second-order valence-electron chi connectivity index (χ2n) is 5.43. The van der Waals surface area contributed by atoms with Crippen LogP contribution in [0.5, 0.6) is 0 Å². The van der Waals surface area contributed by atoms with Gasteiger partial charge in [-0.3, -0.25) is 0 Å². The summed E-state index contributed by atoms with van der Waals surface area (Å²) in [6, 6.07) is 36.7. The molecule has 0 heterocycles. The van der Waals surface area contributed by atoms with Crippen molar-refractivity contribution in [2.24, 2.45) is 0 Å². The molecule has 0 bridgehead atoms. The maximum atomic E-state index is 3.28. The van der Waals surface area contributed by atoms with Crippen molar-refractivity contribution in [3.63, 3.8) is 0 Å². The van der Waals surface area contributed by atoms with Crippen molar-refractivity contribution in [2.45, 2.75) is 0 Å². The van der Waals surface area contributed by atoms with Gasteiger partial charge in [-0.15, -0.1) is 0 Å². The van der Waals surface area contributed by atoms with Crippen molar-refractivity contribution in [3.8, 4) is 0 Å². The molecule has 0 N–H and O–H groups in total. The monoisotopic (exact) mass is 294 g/mol. The Balaban J connectivity index is 1.98. The Morgan fingerprint density at radius 1 is 0.565 bits per heavy atom. The van der Waals surface area contributed by atoms with Gasteiger partial charge >= 0.3 is 0 Å². The van der Waals surface area contributed by atoms with Crippen molar-refractivity contribution in [1.29, 1.82) is 0 Å². The number of nitrogens with zero attached hydrogens (tertiary/aromatic N) is 1. The topological polar surface area (TPSA) is 3.24 Å². The van der Waals surface area contributed by atoms with Crippen molar-refractivity contribution >= 4 is 27.8 Å². The van der Waals surface area contributed by atoms with E-state index in [2.05, 4.69) is 89.8 Å². The number of hydrogen-bond donors (Lipinski definition) is 0. The number of benzene rings is 4. The molecule has 1 heteroatoms. The molecule has 0 spiro atoms. The molecule has 1 nitrogen and oxygen atoms in total. The van der Waals surface area contributed by atoms with Crippen LogP contribution in [0.4, 0.5) is 17.1 Å². The largest absolute Gasteiger partial charge is 0.310 e. The summed E-state index contributed by atoms with van der Waals surface area (Å²) in [6.07, 6.45) is 0. The highest BCUT2D eigenvalue weighted by atomic mass is 15.1. The van der Waals surface area contributed by atoms with Gasteiger partial charge in [0.1, 0.15) is 0 Å². The van der Waals surface area contributed by atoms with E-state index in [0.717, 1.165) is 17.1 Å². The van der Waals surface area contributed by atoms with Gasteiger partial charge in [0.05, 0.1) is 5.69 Å². The van der Waals surface area contributed by atoms with E-state index in [1.165, 1.54) is 10.8 Å². The Hall–Kier alpha value is -3.06. The normalized spacial score (nSPS) is 10.6. The molecule has 0 fully saturated rings. The van der Waals surface area contributed by atoms with E-state index in [0.29, 0.717) is 0 Å². The molecule has 4 rings (SSSR count). The first-order valence-electron chi connectivity index (χ1n) is 7.72. The summed E-state index contributed by atoms with van der Waals surface area (Å²) in [6.45, 7) is 0. The van der Waals surface area contributed by atoms with Gasteiger partial charge in [-0.25, -0.2) is 0 Å². The fourth-order valence-corrected chi connectivity index (χ4v) is 2.91.